The molecule has 0 unspecified atom stereocenters. The quantitative estimate of drug-likeness (QED) is 0.476. The Hall–Kier alpha value is -0.560. The van der Waals surface area contributed by atoms with Gasteiger partial charge in [-0.3, -0.25) is 0 Å². The van der Waals surface area contributed by atoms with Crippen LogP contribution in [0.2, 0.25) is 0 Å². The van der Waals surface area contributed by atoms with Gasteiger partial charge in [0.15, 0.2) is 0 Å². The van der Waals surface area contributed by atoms with Gasteiger partial charge in [-0.2, -0.15) is 0 Å². The third kappa shape index (κ3) is 25.6. The number of allylic oxidation sites excluding steroid dienone is 1. The molecule has 0 amide bonds. The molecule has 0 saturated carbocycles. The number of hydrogen-bond donors (Lipinski definition) is 2. The van der Waals surface area contributed by atoms with Crippen molar-refractivity contribution in [2.24, 2.45) is 0 Å². The average molecular weight is 242 g/mol. The summed E-state index contributed by atoms with van der Waals surface area (Å²) in [6, 6.07) is 0. The zero-order valence-electron chi connectivity index (χ0n) is 11.7. The van der Waals surface area contributed by atoms with Crippen LogP contribution >= 0.6 is 0 Å². The van der Waals surface area contributed by atoms with E-state index in [2.05, 4.69) is 12.3 Å². The zero-order chi connectivity index (χ0) is 13.4. The Labute approximate surface area is 107 Å². The predicted molar refractivity (Wildman–Crippen MR) is 75.1 cm³/mol. The summed E-state index contributed by atoms with van der Waals surface area (Å²) in [6.45, 7) is 8.00. The molecule has 0 saturated heterocycles. The lowest BCUT2D eigenvalue weighted by atomic mass is 10.1. The lowest BCUT2D eigenvalue weighted by Crippen LogP contribution is -1.85. The summed E-state index contributed by atoms with van der Waals surface area (Å²) in [7, 11) is 0. The molecule has 0 spiro atoms. The van der Waals surface area contributed by atoms with Gasteiger partial charge in [-0.1, -0.05) is 45.1 Å². The number of rotatable bonds is 9. The highest BCUT2D eigenvalue weighted by atomic mass is 16.3. The van der Waals surface area contributed by atoms with Crippen LogP contribution in [-0.2, 0) is 0 Å². The van der Waals surface area contributed by atoms with Crippen LogP contribution in [-0.4, -0.2) is 23.4 Å². The maximum absolute atomic E-state index is 8.51. The minimum absolute atomic E-state index is 0.338. The molecule has 0 atom stereocenters. The molecule has 0 aromatic heterocycles. The van der Waals surface area contributed by atoms with Crippen molar-refractivity contribution in [1.29, 1.82) is 0 Å². The minimum atomic E-state index is 0.338. The van der Waals surface area contributed by atoms with Crippen molar-refractivity contribution in [2.75, 3.05) is 13.2 Å². The van der Waals surface area contributed by atoms with E-state index in [0.29, 0.717) is 13.2 Å². The molecule has 2 heteroatoms. The summed E-state index contributed by atoms with van der Waals surface area (Å²) in [5.41, 5.74) is 3.84. The Morgan fingerprint density at radius 3 is 1.18 bits per heavy atom. The van der Waals surface area contributed by atoms with Gasteiger partial charge in [0.2, 0.25) is 0 Å². The van der Waals surface area contributed by atoms with Crippen LogP contribution < -0.4 is 0 Å². The van der Waals surface area contributed by atoms with Gasteiger partial charge in [0.25, 0.3) is 0 Å². The molecule has 0 radical (unpaired) electrons. The normalized spacial score (nSPS) is 9.18. The van der Waals surface area contributed by atoms with Crippen LogP contribution in [0.15, 0.2) is 17.9 Å². The van der Waals surface area contributed by atoms with Crippen LogP contribution in [0.1, 0.15) is 65.2 Å². The molecule has 0 aromatic rings. The molecule has 0 aliphatic carbocycles. The highest BCUT2D eigenvalue weighted by Crippen LogP contribution is 2.07. The first-order valence-corrected chi connectivity index (χ1v) is 6.74. The molecule has 2 nitrogen and oxygen atoms in total. The van der Waals surface area contributed by atoms with Gasteiger partial charge in [-0.25, -0.2) is 0 Å². The van der Waals surface area contributed by atoms with E-state index in [-0.39, 0.29) is 0 Å². The second kappa shape index (κ2) is 17.8. The molecule has 0 rings (SSSR count). The lowest BCUT2D eigenvalue weighted by molar-refractivity contribution is 0.279. The fourth-order valence-corrected chi connectivity index (χ4v) is 1.28. The van der Waals surface area contributed by atoms with Gasteiger partial charge in [0.1, 0.15) is 0 Å². The van der Waals surface area contributed by atoms with E-state index in [1.165, 1.54) is 25.7 Å². The first-order chi connectivity index (χ1) is 8.18. The van der Waals surface area contributed by atoms with Crippen LogP contribution in [0, 0.1) is 0 Å². The van der Waals surface area contributed by atoms with E-state index in [1.807, 2.05) is 13.8 Å². The monoisotopic (exact) mass is 242 g/mol. The summed E-state index contributed by atoms with van der Waals surface area (Å²) in [5.74, 6) is 0. The van der Waals surface area contributed by atoms with Crippen molar-refractivity contribution >= 4 is 0 Å². The molecule has 102 valence electrons. The third-order valence-corrected chi connectivity index (χ3v) is 2.42. The summed E-state index contributed by atoms with van der Waals surface area (Å²) in [5, 5.41) is 17.0. The SMILES string of the molecule is C=C=C(C)C.OCCCCCCCCCCO. The van der Waals surface area contributed by atoms with Crippen molar-refractivity contribution in [3.8, 4) is 0 Å². The lowest BCUT2D eigenvalue weighted by Gasteiger charge is -1.99. The van der Waals surface area contributed by atoms with Gasteiger partial charge in [0.05, 0.1) is 0 Å². The Morgan fingerprint density at radius 2 is 1.00 bits per heavy atom. The minimum Gasteiger partial charge on any atom is -0.396 e. The molecule has 0 fully saturated rings. The Bertz CT molecular complexity index is 167. The maximum atomic E-state index is 8.51. The summed E-state index contributed by atoms with van der Waals surface area (Å²) in [4.78, 5) is 0. The van der Waals surface area contributed by atoms with Crippen LogP contribution in [0.5, 0.6) is 0 Å². The van der Waals surface area contributed by atoms with Crippen LogP contribution in [0.4, 0.5) is 0 Å². The number of unbranched alkanes of at least 4 members (excludes halogenated alkanes) is 7. The van der Waals surface area contributed by atoms with Crippen LogP contribution in [0.3, 0.4) is 0 Å². The van der Waals surface area contributed by atoms with Crippen LogP contribution in [0.25, 0.3) is 0 Å². The molecular formula is C15H30O2. The number of aliphatic hydroxyl groups excluding tert-OH is 2. The molecule has 2 N–H and O–H groups in total. The van der Waals surface area contributed by atoms with E-state index in [4.69, 9.17) is 10.2 Å². The van der Waals surface area contributed by atoms with E-state index in [0.717, 1.165) is 31.3 Å². The second-order valence-electron chi connectivity index (χ2n) is 4.45. The fourth-order valence-electron chi connectivity index (χ4n) is 1.28. The molecule has 0 aliphatic heterocycles. The van der Waals surface area contributed by atoms with Crippen molar-refractivity contribution in [3.63, 3.8) is 0 Å². The Balaban J connectivity index is 0. The van der Waals surface area contributed by atoms with Crippen molar-refractivity contribution in [3.05, 3.63) is 17.9 Å². The topological polar surface area (TPSA) is 40.5 Å². The van der Waals surface area contributed by atoms with Gasteiger partial charge >= 0.3 is 0 Å². The molecular weight excluding hydrogens is 212 g/mol. The standard InChI is InChI=1S/C10H22O2.C5H8/c11-9-7-5-3-1-2-4-6-8-10-12;1-4-5(2)3/h11-12H,1-10H2;1H2,2-3H3. The van der Waals surface area contributed by atoms with E-state index >= 15 is 0 Å². The van der Waals surface area contributed by atoms with E-state index < -0.39 is 0 Å². The number of aliphatic hydroxyl groups is 2. The fraction of sp³-hybridized carbons (Fsp3) is 0.800. The largest absolute Gasteiger partial charge is 0.396 e. The highest BCUT2D eigenvalue weighted by molar-refractivity contribution is 4.87. The third-order valence-electron chi connectivity index (χ3n) is 2.42. The number of hydrogen-bond acceptors (Lipinski definition) is 2. The molecule has 0 bridgehead atoms. The second-order valence-corrected chi connectivity index (χ2v) is 4.45. The predicted octanol–water partition coefficient (Wildman–Crippen LogP) is 3.83. The average Bonchev–Trinajstić information content (AvgIpc) is 2.33. The molecule has 0 aromatic carbocycles. The molecule has 0 aliphatic rings. The first-order valence-electron chi connectivity index (χ1n) is 6.74. The summed E-state index contributed by atoms with van der Waals surface area (Å²) < 4.78 is 0. The zero-order valence-corrected chi connectivity index (χ0v) is 11.7. The van der Waals surface area contributed by atoms with Crippen molar-refractivity contribution in [2.45, 2.75) is 65.2 Å². The molecule has 0 heterocycles. The molecule has 17 heavy (non-hydrogen) atoms. The van der Waals surface area contributed by atoms with Crippen molar-refractivity contribution < 1.29 is 10.2 Å². The van der Waals surface area contributed by atoms with E-state index in [9.17, 15) is 0 Å². The van der Waals surface area contributed by atoms with Crippen molar-refractivity contribution in [1.82, 2.24) is 0 Å². The van der Waals surface area contributed by atoms with E-state index in [1.54, 1.807) is 0 Å². The smallest absolute Gasteiger partial charge is 0.0431 e. The van der Waals surface area contributed by atoms with Gasteiger partial charge in [-0.15, -0.1) is 5.73 Å². The highest BCUT2D eigenvalue weighted by Gasteiger charge is 1.90. The Kier molecular flexibility index (Phi) is 19.7. The summed E-state index contributed by atoms with van der Waals surface area (Å²) >= 11 is 0. The first kappa shape index (κ1) is 18.8. The Morgan fingerprint density at radius 1 is 0.765 bits per heavy atom. The maximum Gasteiger partial charge on any atom is 0.0431 e. The van der Waals surface area contributed by atoms with Gasteiger partial charge < -0.3 is 10.2 Å². The summed E-state index contributed by atoms with van der Waals surface area (Å²) in [6.07, 6.45) is 9.30. The van der Waals surface area contributed by atoms with Gasteiger partial charge in [-0.05, 0) is 32.3 Å². The van der Waals surface area contributed by atoms with Gasteiger partial charge in [0, 0.05) is 13.2 Å².